The summed E-state index contributed by atoms with van der Waals surface area (Å²) in [5, 5.41) is 11.5. The Bertz CT molecular complexity index is 774. The Morgan fingerprint density at radius 3 is 2.46 bits per heavy atom. The first kappa shape index (κ1) is 19.1. The van der Waals surface area contributed by atoms with Crippen molar-refractivity contribution in [3.8, 4) is 17.2 Å². The molecule has 0 aliphatic carbocycles. The Kier molecular flexibility index (Phi) is 6.84. The van der Waals surface area contributed by atoms with Crippen molar-refractivity contribution < 1.29 is 28.9 Å². The van der Waals surface area contributed by atoms with E-state index in [0.717, 1.165) is 11.1 Å². The molecule has 0 unspecified atom stereocenters. The highest BCUT2D eigenvalue weighted by molar-refractivity contribution is 5.78. The summed E-state index contributed by atoms with van der Waals surface area (Å²) < 4.78 is 15.5. The number of aliphatic carboxylic acids is 1. The minimum atomic E-state index is -1.04. The maximum absolute atomic E-state index is 12.1. The molecule has 2 aromatic carbocycles. The summed E-state index contributed by atoms with van der Waals surface area (Å²) in [6.07, 6.45) is 0.204. The number of hydrogen-bond donors (Lipinski definition) is 2. The van der Waals surface area contributed by atoms with Gasteiger partial charge in [-0.1, -0.05) is 18.2 Å². The maximum atomic E-state index is 12.1. The highest BCUT2D eigenvalue weighted by atomic mass is 16.5. The van der Waals surface area contributed by atoms with Gasteiger partial charge in [-0.2, -0.15) is 0 Å². The lowest BCUT2D eigenvalue weighted by atomic mass is 10.1. The van der Waals surface area contributed by atoms with Crippen LogP contribution >= 0.6 is 0 Å². The van der Waals surface area contributed by atoms with Gasteiger partial charge in [0.2, 0.25) is 5.91 Å². The maximum Gasteiger partial charge on any atom is 0.341 e. The number of carboxylic acids is 1. The summed E-state index contributed by atoms with van der Waals surface area (Å²) >= 11 is 0. The van der Waals surface area contributed by atoms with Crippen LogP contribution in [0.25, 0.3) is 0 Å². The fourth-order valence-electron chi connectivity index (χ4n) is 2.33. The standard InChI is InChI=1S/C19H21NO6/c1-24-16-7-6-13(9-17(16)25-2)10-18(21)20-11-14-4-3-5-15(8-14)26-12-19(22)23/h3-9H,10-12H2,1-2H3,(H,20,21)(H,22,23). The first-order chi connectivity index (χ1) is 12.5. The normalized spacial score (nSPS) is 10.1. The molecule has 138 valence electrons. The predicted octanol–water partition coefficient (Wildman–Crippen LogP) is 2.03. The Hall–Kier alpha value is -3.22. The molecule has 0 bridgehead atoms. The number of methoxy groups -OCH3 is 2. The quantitative estimate of drug-likeness (QED) is 0.711. The molecule has 2 N–H and O–H groups in total. The van der Waals surface area contributed by atoms with Gasteiger partial charge in [0.15, 0.2) is 18.1 Å². The molecule has 1 amide bonds. The van der Waals surface area contributed by atoms with Crippen molar-refractivity contribution in [2.75, 3.05) is 20.8 Å². The molecule has 7 heteroatoms. The van der Waals surface area contributed by atoms with Crippen LogP contribution in [0.1, 0.15) is 11.1 Å². The molecule has 7 nitrogen and oxygen atoms in total. The molecule has 0 heterocycles. The number of carbonyl (C=O) groups is 2. The van der Waals surface area contributed by atoms with Crippen LogP contribution in [0, 0.1) is 0 Å². The fourth-order valence-corrected chi connectivity index (χ4v) is 2.33. The zero-order valence-electron chi connectivity index (χ0n) is 14.7. The summed E-state index contributed by atoms with van der Waals surface area (Å²) in [6.45, 7) is -0.0918. The van der Waals surface area contributed by atoms with Gasteiger partial charge in [0.25, 0.3) is 0 Å². The Morgan fingerprint density at radius 2 is 1.77 bits per heavy atom. The first-order valence-corrected chi connectivity index (χ1v) is 7.93. The van der Waals surface area contributed by atoms with E-state index in [0.29, 0.717) is 23.8 Å². The molecule has 0 fully saturated rings. The van der Waals surface area contributed by atoms with Crippen LogP contribution in [-0.2, 0) is 22.6 Å². The fraction of sp³-hybridized carbons (Fsp3) is 0.263. The number of hydrogen-bond acceptors (Lipinski definition) is 5. The first-order valence-electron chi connectivity index (χ1n) is 7.93. The molecule has 0 spiro atoms. The number of rotatable bonds is 9. The highest BCUT2D eigenvalue weighted by Crippen LogP contribution is 2.27. The topological polar surface area (TPSA) is 94.1 Å². The van der Waals surface area contributed by atoms with Gasteiger partial charge in [0.05, 0.1) is 20.6 Å². The van der Waals surface area contributed by atoms with Crippen molar-refractivity contribution in [2.24, 2.45) is 0 Å². The SMILES string of the molecule is COc1ccc(CC(=O)NCc2cccc(OCC(=O)O)c2)cc1OC. The van der Waals surface area contributed by atoms with E-state index in [2.05, 4.69) is 5.32 Å². The smallest absolute Gasteiger partial charge is 0.341 e. The molecule has 2 aromatic rings. The second kappa shape index (κ2) is 9.31. The van der Waals surface area contributed by atoms with Crippen LogP contribution in [0.3, 0.4) is 0 Å². The number of carboxylic acid groups (broad SMARTS) is 1. The summed E-state index contributed by atoms with van der Waals surface area (Å²) in [5.74, 6) is 0.433. The van der Waals surface area contributed by atoms with E-state index in [-0.39, 0.29) is 12.3 Å². The van der Waals surface area contributed by atoms with E-state index in [1.807, 2.05) is 6.07 Å². The van der Waals surface area contributed by atoms with Gasteiger partial charge in [-0.3, -0.25) is 4.79 Å². The lowest BCUT2D eigenvalue weighted by molar-refractivity contribution is -0.139. The summed E-state index contributed by atoms with van der Waals surface area (Å²) in [6, 6.07) is 12.2. The number of benzene rings is 2. The largest absolute Gasteiger partial charge is 0.493 e. The molecule has 0 radical (unpaired) electrons. The van der Waals surface area contributed by atoms with Gasteiger partial charge < -0.3 is 24.6 Å². The van der Waals surface area contributed by atoms with E-state index in [1.165, 1.54) is 0 Å². The van der Waals surface area contributed by atoms with Crippen LogP contribution < -0.4 is 19.5 Å². The molecule has 0 saturated carbocycles. The van der Waals surface area contributed by atoms with Crippen molar-refractivity contribution >= 4 is 11.9 Å². The molecule has 0 aliphatic heterocycles. The number of amides is 1. The summed E-state index contributed by atoms with van der Waals surface area (Å²) in [5.41, 5.74) is 1.62. The molecule has 0 atom stereocenters. The van der Waals surface area contributed by atoms with E-state index in [9.17, 15) is 9.59 Å². The molecule has 0 saturated heterocycles. The zero-order valence-corrected chi connectivity index (χ0v) is 14.7. The van der Waals surface area contributed by atoms with E-state index < -0.39 is 12.6 Å². The molecule has 26 heavy (non-hydrogen) atoms. The van der Waals surface area contributed by atoms with Gasteiger partial charge in [-0.25, -0.2) is 4.79 Å². The van der Waals surface area contributed by atoms with Crippen molar-refractivity contribution in [1.29, 1.82) is 0 Å². The lowest BCUT2D eigenvalue weighted by Gasteiger charge is -2.10. The minimum Gasteiger partial charge on any atom is -0.493 e. The average molecular weight is 359 g/mol. The van der Waals surface area contributed by atoms with Crippen LogP contribution in [0.15, 0.2) is 42.5 Å². The average Bonchev–Trinajstić information content (AvgIpc) is 2.65. The van der Waals surface area contributed by atoms with Crippen molar-refractivity contribution in [3.05, 3.63) is 53.6 Å². The molecule has 2 rings (SSSR count). The Morgan fingerprint density at radius 1 is 1.00 bits per heavy atom. The molecular weight excluding hydrogens is 338 g/mol. The van der Waals surface area contributed by atoms with Crippen LogP contribution in [-0.4, -0.2) is 37.8 Å². The zero-order chi connectivity index (χ0) is 18.9. The number of ether oxygens (including phenoxy) is 3. The Balaban J connectivity index is 1.90. The van der Waals surface area contributed by atoms with Gasteiger partial charge in [0.1, 0.15) is 5.75 Å². The molecular formula is C19H21NO6. The van der Waals surface area contributed by atoms with E-state index >= 15 is 0 Å². The minimum absolute atomic E-state index is 0.144. The van der Waals surface area contributed by atoms with Crippen LogP contribution in [0.5, 0.6) is 17.2 Å². The van der Waals surface area contributed by atoms with Crippen LogP contribution in [0.4, 0.5) is 0 Å². The van der Waals surface area contributed by atoms with Crippen molar-refractivity contribution in [3.63, 3.8) is 0 Å². The van der Waals surface area contributed by atoms with Gasteiger partial charge in [0, 0.05) is 6.54 Å². The lowest BCUT2D eigenvalue weighted by Crippen LogP contribution is -2.24. The Labute approximate surface area is 151 Å². The van der Waals surface area contributed by atoms with Gasteiger partial charge >= 0.3 is 5.97 Å². The second-order valence-electron chi connectivity index (χ2n) is 5.47. The van der Waals surface area contributed by atoms with Gasteiger partial charge in [-0.15, -0.1) is 0 Å². The third-order valence-electron chi connectivity index (χ3n) is 3.56. The predicted molar refractivity (Wildman–Crippen MR) is 94.7 cm³/mol. The highest BCUT2D eigenvalue weighted by Gasteiger charge is 2.09. The number of nitrogens with one attached hydrogen (secondary N) is 1. The molecule has 0 aromatic heterocycles. The van der Waals surface area contributed by atoms with Crippen molar-refractivity contribution in [2.45, 2.75) is 13.0 Å². The van der Waals surface area contributed by atoms with E-state index in [1.54, 1.807) is 50.6 Å². The molecule has 0 aliphatic rings. The second-order valence-corrected chi connectivity index (χ2v) is 5.47. The third-order valence-corrected chi connectivity index (χ3v) is 3.56. The van der Waals surface area contributed by atoms with Crippen molar-refractivity contribution in [1.82, 2.24) is 5.32 Å². The monoisotopic (exact) mass is 359 g/mol. The number of carbonyl (C=O) groups excluding carboxylic acids is 1. The van der Waals surface area contributed by atoms with E-state index in [4.69, 9.17) is 19.3 Å². The van der Waals surface area contributed by atoms with Gasteiger partial charge in [-0.05, 0) is 35.4 Å². The summed E-state index contributed by atoms with van der Waals surface area (Å²) in [7, 11) is 3.10. The third kappa shape index (κ3) is 5.70. The summed E-state index contributed by atoms with van der Waals surface area (Å²) in [4.78, 5) is 22.7. The van der Waals surface area contributed by atoms with Crippen LogP contribution in [0.2, 0.25) is 0 Å².